The molecule has 0 aliphatic carbocycles. The first-order chi connectivity index (χ1) is 19.9. The molecule has 3 N–H and O–H groups in total. The number of aliphatic hydroxyl groups excluding tert-OH is 1. The molecule has 0 amide bonds. The van der Waals surface area contributed by atoms with Gasteiger partial charge in [0.1, 0.15) is 11.9 Å². The zero-order valence-electron chi connectivity index (χ0n) is 21.9. The molecule has 0 bridgehead atoms. The molecule has 9 nitrogen and oxygen atoms in total. The molecule has 0 spiro atoms. The van der Waals surface area contributed by atoms with Crippen LogP contribution in [0.5, 0.6) is 0 Å². The quantitative estimate of drug-likeness (QED) is 0.186. The van der Waals surface area contributed by atoms with Gasteiger partial charge >= 0.3 is 0 Å². The van der Waals surface area contributed by atoms with E-state index < -0.39 is 16.1 Å². The molecule has 0 radical (unpaired) electrons. The summed E-state index contributed by atoms with van der Waals surface area (Å²) in [6, 6.07) is 24.8. The van der Waals surface area contributed by atoms with Crippen molar-refractivity contribution in [3.8, 4) is 11.5 Å². The van der Waals surface area contributed by atoms with E-state index in [1.54, 1.807) is 54.7 Å². The number of benzene rings is 3. The maximum Gasteiger partial charge on any atom is 0.261 e. The van der Waals surface area contributed by atoms with Crippen LogP contribution < -0.4 is 10.0 Å². The predicted molar refractivity (Wildman–Crippen MR) is 152 cm³/mol. The molecule has 5 rings (SSSR count). The fourth-order valence-corrected chi connectivity index (χ4v) is 5.17. The Bertz CT molecular complexity index is 1660. The van der Waals surface area contributed by atoms with Gasteiger partial charge in [0, 0.05) is 30.4 Å². The maximum atomic E-state index is 13.1. The Kier molecular flexibility index (Phi) is 8.78. The fraction of sp³-hybridized carbons (Fsp3) is 0.167. The normalized spacial score (nSPS) is 12.2. The smallest absolute Gasteiger partial charge is 0.261 e. The average Bonchev–Trinajstić information content (AvgIpc) is 3.46. The van der Waals surface area contributed by atoms with Crippen LogP contribution in [0.4, 0.5) is 10.1 Å². The van der Waals surface area contributed by atoms with Crippen LogP contribution in [-0.4, -0.2) is 41.7 Å². The van der Waals surface area contributed by atoms with Crippen LogP contribution in [0, 0.1) is 5.82 Å². The second-order valence-corrected chi connectivity index (χ2v) is 11.1. The van der Waals surface area contributed by atoms with Gasteiger partial charge in [-0.1, -0.05) is 35.5 Å². The van der Waals surface area contributed by atoms with Crippen LogP contribution in [0.1, 0.15) is 28.7 Å². The third-order valence-electron chi connectivity index (χ3n) is 6.32. The molecule has 0 aliphatic rings. The average molecular weight is 574 g/mol. The van der Waals surface area contributed by atoms with Gasteiger partial charge in [-0.25, -0.2) is 12.8 Å². The van der Waals surface area contributed by atoms with E-state index in [0.717, 1.165) is 11.1 Å². The van der Waals surface area contributed by atoms with Crippen molar-refractivity contribution < 1.29 is 22.4 Å². The molecule has 0 saturated heterocycles. The van der Waals surface area contributed by atoms with Crippen molar-refractivity contribution in [1.82, 2.24) is 20.4 Å². The van der Waals surface area contributed by atoms with Crippen LogP contribution in [0.25, 0.3) is 11.5 Å². The van der Waals surface area contributed by atoms with E-state index in [2.05, 4.69) is 25.2 Å². The Labute approximate surface area is 237 Å². The fourth-order valence-electron chi connectivity index (χ4n) is 4.11. The van der Waals surface area contributed by atoms with Crippen LogP contribution in [-0.2, 0) is 22.9 Å². The monoisotopic (exact) mass is 573 g/mol. The van der Waals surface area contributed by atoms with Crippen LogP contribution >= 0.6 is 0 Å². The maximum absolute atomic E-state index is 13.1. The molecular formula is C30H28FN5O4S. The highest BCUT2D eigenvalue weighted by Gasteiger charge is 2.16. The molecule has 0 fully saturated rings. The standard InChI is InChI=1S/C30H28FN5O4S/c31-24-10-4-22(5-11-24)19-29-34-30(40-35-29)23-8-14-26(15-9-23)41(38,39)36-25-12-6-21(7-13-25)16-18-32-20-28(37)27-3-1-2-17-33-27/h1-15,17,28,32,36-37H,16,18-20H2/t28-/m1/s1. The summed E-state index contributed by atoms with van der Waals surface area (Å²) >= 11 is 0. The summed E-state index contributed by atoms with van der Waals surface area (Å²) in [7, 11) is -3.81. The number of aromatic nitrogens is 3. The summed E-state index contributed by atoms with van der Waals surface area (Å²) in [4.78, 5) is 8.59. The number of aliphatic hydroxyl groups is 1. The third kappa shape index (κ3) is 7.60. The van der Waals surface area contributed by atoms with Gasteiger partial charge in [-0.2, -0.15) is 4.98 Å². The zero-order valence-corrected chi connectivity index (χ0v) is 22.8. The Morgan fingerprint density at radius 3 is 2.34 bits per heavy atom. The summed E-state index contributed by atoms with van der Waals surface area (Å²) in [5.41, 5.74) is 3.50. The minimum atomic E-state index is -3.81. The van der Waals surface area contributed by atoms with Crippen LogP contribution in [0.2, 0.25) is 0 Å². The Balaban J connectivity index is 1.12. The highest BCUT2D eigenvalue weighted by Crippen LogP contribution is 2.22. The predicted octanol–water partition coefficient (Wildman–Crippen LogP) is 4.53. The lowest BCUT2D eigenvalue weighted by Crippen LogP contribution is -2.24. The number of nitrogens with one attached hydrogen (secondary N) is 2. The van der Waals surface area contributed by atoms with Gasteiger partial charge in [-0.3, -0.25) is 9.71 Å². The number of anilines is 1. The molecule has 2 heterocycles. The number of sulfonamides is 1. The lowest BCUT2D eigenvalue weighted by atomic mass is 10.1. The van der Waals surface area contributed by atoms with Gasteiger partial charge in [-0.15, -0.1) is 0 Å². The molecule has 1 atom stereocenters. The van der Waals surface area contributed by atoms with Gasteiger partial charge in [0.15, 0.2) is 5.82 Å². The minimum Gasteiger partial charge on any atom is -0.385 e. The molecular weight excluding hydrogens is 545 g/mol. The largest absolute Gasteiger partial charge is 0.385 e. The molecule has 5 aromatic rings. The van der Waals surface area contributed by atoms with Crippen molar-refractivity contribution in [3.63, 3.8) is 0 Å². The topological polar surface area (TPSA) is 130 Å². The number of nitrogens with zero attached hydrogens (tertiary/aromatic N) is 3. The molecule has 2 aromatic heterocycles. The summed E-state index contributed by atoms with van der Waals surface area (Å²) in [6.45, 7) is 1.03. The Morgan fingerprint density at radius 2 is 1.63 bits per heavy atom. The first-order valence-electron chi connectivity index (χ1n) is 12.9. The van der Waals surface area contributed by atoms with Gasteiger partial charge in [0.25, 0.3) is 15.9 Å². The van der Waals surface area contributed by atoms with Crippen molar-refractivity contribution >= 4 is 15.7 Å². The molecule has 0 unspecified atom stereocenters. The zero-order chi connectivity index (χ0) is 28.7. The second kappa shape index (κ2) is 12.8. The van der Waals surface area contributed by atoms with E-state index >= 15 is 0 Å². The lowest BCUT2D eigenvalue weighted by molar-refractivity contribution is 0.170. The first kappa shape index (κ1) is 28.1. The SMILES string of the molecule is O=S(=O)(Nc1ccc(CCNC[C@@H](O)c2ccccn2)cc1)c1ccc(-c2nc(Cc3ccc(F)cc3)no2)cc1. The number of hydrogen-bond donors (Lipinski definition) is 3. The minimum absolute atomic E-state index is 0.0899. The molecule has 11 heteroatoms. The molecule has 210 valence electrons. The highest BCUT2D eigenvalue weighted by molar-refractivity contribution is 7.92. The Hall–Kier alpha value is -4.45. The number of hydrogen-bond acceptors (Lipinski definition) is 8. The van der Waals surface area contributed by atoms with E-state index in [-0.39, 0.29) is 16.6 Å². The van der Waals surface area contributed by atoms with E-state index in [1.165, 1.54) is 24.3 Å². The molecule has 3 aromatic carbocycles. The molecule has 0 aliphatic heterocycles. The highest BCUT2D eigenvalue weighted by atomic mass is 32.2. The van der Waals surface area contributed by atoms with Crippen molar-refractivity contribution in [3.05, 3.63) is 126 Å². The summed E-state index contributed by atoms with van der Waals surface area (Å²) in [6.07, 6.45) is 2.06. The summed E-state index contributed by atoms with van der Waals surface area (Å²) < 4.78 is 46.9. The van der Waals surface area contributed by atoms with Gasteiger partial charge in [-0.05, 0) is 84.8 Å². The second-order valence-electron chi connectivity index (χ2n) is 9.37. The van der Waals surface area contributed by atoms with Crippen molar-refractivity contribution in [1.29, 1.82) is 0 Å². The van der Waals surface area contributed by atoms with E-state index in [0.29, 0.717) is 48.7 Å². The van der Waals surface area contributed by atoms with Crippen molar-refractivity contribution in [2.45, 2.75) is 23.8 Å². The molecule has 41 heavy (non-hydrogen) atoms. The van der Waals surface area contributed by atoms with E-state index in [1.807, 2.05) is 18.2 Å². The van der Waals surface area contributed by atoms with Crippen LogP contribution in [0.15, 0.2) is 107 Å². The van der Waals surface area contributed by atoms with Crippen molar-refractivity contribution in [2.75, 3.05) is 17.8 Å². The third-order valence-corrected chi connectivity index (χ3v) is 7.72. The lowest BCUT2D eigenvalue weighted by Gasteiger charge is -2.12. The number of rotatable bonds is 12. The van der Waals surface area contributed by atoms with Gasteiger partial charge < -0.3 is 14.9 Å². The first-order valence-corrected chi connectivity index (χ1v) is 14.4. The van der Waals surface area contributed by atoms with Crippen LogP contribution in [0.3, 0.4) is 0 Å². The number of pyridine rings is 1. The van der Waals surface area contributed by atoms with Crippen molar-refractivity contribution in [2.24, 2.45) is 0 Å². The Morgan fingerprint density at radius 1 is 0.902 bits per heavy atom. The van der Waals surface area contributed by atoms with E-state index in [9.17, 15) is 17.9 Å². The number of halogens is 1. The van der Waals surface area contributed by atoms with E-state index in [4.69, 9.17) is 4.52 Å². The summed E-state index contributed by atoms with van der Waals surface area (Å²) in [5, 5.41) is 17.3. The van der Waals surface area contributed by atoms with Gasteiger partial charge in [0.2, 0.25) is 0 Å². The summed E-state index contributed by atoms with van der Waals surface area (Å²) in [5.74, 6) is 0.379. The van der Waals surface area contributed by atoms with Gasteiger partial charge in [0.05, 0.1) is 10.6 Å². The molecule has 0 saturated carbocycles.